The fourth-order valence-corrected chi connectivity index (χ4v) is 3.68. The number of halogens is 1. The molecule has 1 unspecified atom stereocenters. The van der Waals surface area contributed by atoms with Crippen molar-refractivity contribution in [1.29, 1.82) is 0 Å². The van der Waals surface area contributed by atoms with Gasteiger partial charge in [-0.25, -0.2) is 0 Å². The van der Waals surface area contributed by atoms with Crippen LogP contribution in [-0.4, -0.2) is 64.6 Å². The minimum atomic E-state index is -0.557. The van der Waals surface area contributed by atoms with E-state index < -0.39 is 5.41 Å². The number of hydrogen-bond donors (Lipinski definition) is 1. The lowest BCUT2D eigenvalue weighted by atomic mass is 9.92. The van der Waals surface area contributed by atoms with Crippen molar-refractivity contribution >= 4 is 29.3 Å². The van der Waals surface area contributed by atoms with E-state index in [1.807, 2.05) is 39.5 Å². The Bertz CT molecular complexity index is 563. The first-order valence-electron chi connectivity index (χ1n) is 9.42. The summed E-state index contributed by atoms with van der Waals surface area (Å²) in [4.78, 5) is 40.8. The van der Waals surface area contributed by atoms with E-state index in [2.05, 4.69) is 5.32 Å². The molecule has 1 atom stereocenters. The van der Waals surface area contributed by atoms with Crippen molar-refractivity contribution in [2.24, 2.45) is 11.3 Å². The van der Waals surface area contributed by atoms with Crippen LogP contribution in [0.25, 0.3) is 0 Å². The van der Waals surface area contributed by atoms with Crippen molar-refractivity contribution in [3.8, 4) is 0 Å². The second kappa shape index (κ2) is 7.75. The third-order valence-corrected chi connectivity index (χ3v) is 6.02. The first-order chi connectivity index (χ1) is 12.0. The van der Waals surface area contributed by atoms with Crippen molar-refractivity contribution in [3.63, 3.8) is 0 Å². The van der Waals surface area contributed by atoms with Crippen LogP contribution in [0.2, 0.25) is 0 Å². The molecule has 7 heteroatoms. The van der Waals surface area contributed by atoms with Crippen LogP contribution < -0.4 is 5.32 Å². The molecule has 0 aromatic rings. The Kier molecular flexibility index (Phi) is 6.26. The normalized spacial score (nSPS) is 22.7. The lowest BCUT2D eigenvalue weighted by molar-refractivity contribution is -0.140. The summed E-state index contributed by atoms with van der Waals surface area (Å²) >= 11 is 5.90. The van der Waals surface area contributed by atoms with Crippen molar-refractivity contribution in [3.05, 3.63) is 0 Å². The number of carbonyl (C=O) groups excluding carboxylic acids is 3. The Morgan fingerprint density at radius 2 is 1.73 bits per heavy atom. The molecule has 2 saturated heterocycles. The second-order valence-corrected chi connectivity index (χ2v) is 9.44. The van der Waals surface area contributed by atoms with Gasteiger partial charge in [-0.15, -0.1) is 11.6 Å². The SMILES string of the molecule is CC(C)(CCl)C(=O)N1CCC(NC(=O)C2CC(=O)N(C(C)(C)C)C2)CC1. The van der Waals surface area contributed by atoms with Gasteiger partial charge in [0.1, 0.15) is 0 Å². The molecule has 3 amide bonds. The van der Waals surface area contributed by atoms with Crippen LogP contribution in [0.15, 0.2) is 0 Å². The molecule has 0 bridgehead atoms. The van der Waals surface area contributed by atoms with Gasteiger partial charge in [0.25, 0.3) is 0 Å². The highest BCUT2D eigenvalue weighted by Gasteiger charge is 2.40. The van der Waals surface area contributed by atoms with E-state index in [0.29, 0.717) is 25.5 Å². The van der Waals surface area contributed by atoms with Crippen molar-refractivity contribution in [2.45, 2.75) is 65.5 Å². The maximum Gasteiger partial charge on any atom is 0.229 e. The lowest BCUT2D eigenvalue weighted by Gasteiger charge is -2.37. The third kappa shape index (κ3) is 4.70. The largest absolute Gasteiger partial charge is 0.353 e. The number of alkyl halides is 1. The van der Waals surface area contributed by atoms with E-state index in [4.69, 9.17) is 11.6 Å². The molecule has 0 aromatic carbocycles. The summed E-state index contributed by atoms with van der Waals surface area (Å²) in [7, 11) is 0. The number of nitrogens with one attached hydrogen (secondary N) is 1. The minimum absolute atomic E-state index is 0.0429. The number of carbonyl (C=O) groups is 3. The minimum Gasteiger partial charge on any atom is -0.353 e. The molecule has 2 heterocycles. The Labute approximate surface area is 161 Å². The predicted molar refractivity (Wildman–Crippen MR) is 102 cm³/mol. The molecule has 0 aromatic heterocycles. The molecular weight excluding hydrogens is 354 g/mol. The van der Waals surface area contributed by atoms with Crippen molar-refractivity contribution < 1.29 is 14.4 Å². The fourth-order valence-electron chi connectivity index (χ4n) is 3.56. The Balaban J connectivity index is 1.84. The van der Waals surface area contributed by atoms with Crippen LogP contribution in [0.3, 0.4) is 0 Å². The van der Waals surface area contributed by atoms with Crippen molar-refractivity contribution in [1.82, 2.24) is 15.1 Å². The summed E-state index contributed by atoms with van der Waals surface area (Å²) in [5.74, 6) is 0.0797. The highest BCUT2D eigenvalue weighted by Crippen LogP contribution is 2.27. The summed E-state index contributed by atoms with van der Waals surface area (Å²) in [6, 6.07) is 0.0597. The van der Waals surface area contributed by atoms with Crippen LogP contribution in [0.4, 0.5) is 0 Å². The van der Waals surface area contributed by atoms with E-state index in [9.17, 15) is 14.4 Å². The van der Waals surface area contributed by atoms with Gasteiger partial charge in [0.2, 0.25) is 17.7 Å². The molecule has 0 saturated carbocycles. The number of nitrogens with zero attached hydrogens (tertiary/aromatic N) is 2. The predicted octanol–water partition coefficient (Wildman–Crippen LogP) is 2.01. The molecule has 0 aliphatic carbocycles. The maximum atomic E-state index is 12.6. The van der Waals surface area contributed by atoms with E-state index >= 15 is 0 Å². The molecule has 2 fully saturated rings. The van der Waals surface area contributed by atoms with Gasteiger partial charge in [0, 0.05) is 43.5 Å². The topological polar surface area (TPSA) is 69.7 Å². The van der Waals surface area contributed by atoms with Gasteiger partial charge in [-0.05, 0) is 47.5 Å². The van der Waals surface area contributed by atoms with E-state index in [1.165, 1.54) is 0 Å². The average Bonchev–Trinajstić information content (AvgIpc) is 2.97. The highest BCUT2D eigenvalue weighted by molar-refractivity contribution is 6.19. The summed E-state index contributed by atoms with van der Waals surface area (Å²) < 4.78 is 0. The third-order valence-electron chi connectivity index (χ3n) is 5.35. The molecule has 6 nitrogen and oxygen atoms in total. The molecule has 1 N–H and O–H groups in total. The first kappa shape index (κ1) is 21.0. The van der Waals surface area contributed by atoms with E-state index in [1.54, 1.807) is 4.90 Å². The molecule has 0 radical (unpaired) electrons. The van der Waals surface area contributed by atoms with Gasteiger partial charge in [0.05, 0.1) is 11.3 Å². The van der Waals surface area contributed by atoms with Crippen LogP contribution in [-0.2, 0) is 14.4 Å². The Hall–Kier alpha value is -1.30. The molecule has 2 rings (SSSR count). The van der Waals surface area contributed by atoms with Crippen LogP contribution in [0.5, 0.6) is 0 Å². The maximum absolute atomic E-state index is 12.6. The molecule has 148 valence electrons. The summed E-state index contributed by atoms with van der Waals surface area (Å²) in [5, 5.41) is 3.08. The van der Waals surface area contributed by atoms with Crippen LogP contribution in [0, 0.1) is 11.3 Å². The highest BCUT2D eigenvalue weighted by atomic mass is 35.5. The molecular formula is C19H32ClN3O3. The van der Waals surface area contributed by atoms with Gasteiger partial charge >= 0.3 is 0 Å². The van der Waals surface area contributed by atoms with E-state index in [-0.39, 0.29) is 41.6 Å². The Morgan fingerprint density at radius 3 is 2.19 bits per heavy atom. The number of hydrogen-bond acceptors (Lipinski definition) is 3. The average molecular weight is 386 g/mol. The summed E-state index contributed by atoms with van der Waals surface area (Å²) in [6.45, 7) is 11.4. The monoisotopic (exact) mass is 385 g/mol. The molecule has 0 spiro atoms. The number of amides is 3. The van der Waals surface area contributed by atoms with Gasteiger partial charge in [-0.3, -0.25) is 14.4 Å². The quantitative estimate of drug-likeness (QED) is 0.752. The molecule has 2 aliphatic rings. The number of likely N-dealkylation sites (tertiary alicyclic amines) is 2. The number of rotatable bonds is 4. The van der Waals surface area contributed by atoms with Crippen molar-refractivity contribution in [2.75, 3.05) is 25.5 Å². The first-order valence-corrected chi connectivity index (χ1v) is 9.95. The summed E-state index contributed by atoms with van der Waals surface area (Å²) in [6.07, 6.45) is 1.75. The van der Waals surface area contributed by atoms with Crippen LogP contribution >= 0.6 is 11.6 Å². The summed E-state index contributed by atoms with van der Waals surface area (Å²) in [5.41, 5.74) is -0.814. The smallest absolute Gasteiger partial charge is 0.229 e. The second-order valence-electron chi connectivity index (χ2n) is 9.17. The zero-order chi connectivity index (χ0) is 19.7. The Morgan fingerprint density at radius 1 is 1.15 bits per heavy atom. The number of piperidine rings is 1. The fraction of sp³-hybridized carbons (Fsp3) is 0.842. The van der Waals surface area contributed by atoms with Gasteiger partial charge in [-0.2, -0.15) is 0 Å². The molecule has 26 heavy (non-hydrogen) atoms. The zero-order valence-corrected chi connectivity index (χ0v) is 17.4. The van der Waals surface area contributed by atoms with E-state index in [0.717, 1.165) is 12.8 Å². The van der Waals surface area contributed by atoms with Gasteiger partial charge in [0.15, 0.2) is 0 Å². The standard InChI is InChI=1S/C19H32ClN3O3/c1-18(2,3)23-11-13(10-15(23)24)16(25)21-14-6-8-22(9-7-14)17(26)19(4,5)12-20/h13-14H,6-12H2,1-5H3,(H,21,25). The van der Waals surface area contributed by atoms with Crippen LogP contribution in [0.1, 0.15) is 53.9 Å². The zero-order valence-electron chi connectivity index (χ0n) is 16.6. The van der Waals surface area contributed by atoms with Gasteiger partial charge in [-0.1, -0.05) is 0 Å². The van der Waals surface area contributed by atoms with Gasteiger partial charge < -0.3 is 15.1 Å². The molecule has 2 aliphatic heterocycles. The lowest BCUT2D eigenvalue weighted by Crippen LogP contribution is -2.51.